The molecule has 2 heterocycles. The highest BCUT2D eigenvalue weighted by molar-refractivity contribution is 6.06. The van der Waals surface area contributed by atoms with Gasteiger partial charge in [-0.25, -0.2) is 4.79 Å². The summed E-state index contributed by atoms with van der Waals surface area (Å²) in [6.45, 7) is 4.45. The average molecular weight is 392 g/mol. The molecule has 6 nitrogen and oxygen atoms in total. The fourth-order valence-electron chi connectivity index (χ4n) is 3.98. The van der Waals surface area contributed by atoms with Crippen molar-refractivity contribution < 1.29 is 19.1 Å². The number of benzene rings is 2. The van der Waals surface area contributed by atoms with Crippen LogP contribution in [0, 0.1) is 0 Å². The van der Waals surface area contributed by atoms with Gasteiger partial charge >= 0.3 is 5.97 Å². The molecule has 4 rings (SSSR count). The van der Waals surface area contributed by atoms with E-state index in [1.54, 1.807) is 31.2 Å². The van der Waals surface area contributed by atoms with Gasteiger partial charge in [-0.2, -0.15) is 0 Å². The third-order valence-electron chi connectivity index (χ3n) is 5.65. The lowest BCUT2D eigenvalue weighted by Crippen LogP contribution is -2.43. The minimum absolute atomic E-state index is 0.0420. The van der Waals surface area contributed by atoms with Crippen molar-refractivity contribution in [3.8, 4) is 0 Å². The highest BCUT2D eigenvalue weighted by atomic mass is 16.5. The number of fused-ring (bicyclic) bond motifs is 3. The number of nitrogens with one attached hydrogen (secondary N) is 1. The lowest BCUT2D eigenvalue weighted by atomic mass is 10.0. The van der Waals surface area contributed by atoms with Crippen LogP contribution in [-0.2, 0) is 16.0 Å². The lowest BCUT2D eigenvalue weighted by molar-refractivity contribution is -0.117. The minimum Gasteiger partial charge on any atom is -0.451 e. The van der Waals surface area contributed by atoms with E-state index in [9.17, 15) is 14.4 Å². The molecule has 2 aromatic carbocycles. The number of anilines is 2. The molecule has 1 N–H and O–H groups in total. The van der Waals surface area contributed by atoms with Crippen LogP contribution < -0.4 is 10.2 Å². The summed E-state index contributed by atoms with van der Waals surface area (Å²) in [5.74, 6) is -0.872. The zero-order valence-corrected chi connectivity index (χ0v) is 16.6. The Balaban J connectivity index is 1.47. The molecule has 0 unspecified atom stereocenters. The summed E-state index contributed by atoms with van der Waals surface area (Å²) in [5, 5.41) is 2.88. The fourth-order valence-corrected chi connectivity index (χ4v) is 3.98. The monoisotopic (exact) mass is 392 g/mol. The van der Waals surface area contributed by atoms with Crippen molar-refractivity contribution in [2.24, 2.45) is 0 Å². The smallest absolute Gasteiger partial charge is 0.338 e. The van der Waals surface area contributed by atoms with E-state index >= 15 is 0 Å². The number of ketones is 1. The van der Waals surface area contributed by atoms with Crippen molar-refractivity contribution in [1.82, 2.24) is 0 Å². The van der Waals surface area contributed by atoms with Crippen molar-refractivity contribution in [2.75, 3.05) is 16.8 Å². The van der Waals surface area contributed by atoms with Crippen LogP contribution >= 0.6 is 0 Å². The molecule has 6 heteroatoms. The molecule has 2 aromatic rings. The Labute approximate surface area is 169 Å². The van der Waals surface area contributed by atoms with Crippen molar-refractivity contribution in [3.63, 3.8) is 0 Å². The largest absolute Gasteiger partial charge is 0.451 e. The van der Waals surface area contributed by atoms with E-state index in [0.29, 0.717) is 16.8 Å². The molecule has 1 amide bonds. The molecule has 0 bridgehead atoms. The van der Waals surface area contributed by atoms with Gasteiger partial charge in [0, 0.05) is 12.1 Å². The number of hydrogen-bond donors (Lipinski definition) is 1. The van der Waals surface area contributed by atoms with Gasteiger partial charge in [-0.3, -0.25) is 9.59 Å². The van der Waals surface area contributed by atoms with Crippen LogP contribution in [0.4, 0.5) is 11.4 Å². The molecule has 0 aliphatic carbocycles. The number of hydrogen-bond acceptors (Lipinski definition) is 5. The van der Waals surface area contributed by atoms with Gasteiger partial charge in [-0.1, -0.05) is 31.2 Å². The van der Waals surface area contributed by atoms with Crippen molar-refractivity contribution in [3.05, 3.63) is 59.2 Å². The zero-order chi connectivity index (χ0) is 20.5. The molecule has 0 saturated carbocycles. The van der Waals surface area contributed by atoms with Gasteiger partial charge in [-0.05, 0) is 49.9 Å². The predicted molar refractivity (Wildman–Crippen MR) is 110 cm³/mol. The van der Waals surface area contributed by atoms with E-state index in [2.05, 4.69) is 10.2 Å². The van der Waals surface area contributed by atoms with Crippen LogP contribution in [-0.4, -0.2) is 36.4 Å². The molecule has 2 aliphatic rings. The minimum atomic E-state index is -0.899. The van der Waals surface area contributed by atoms with Gasteiger partial charge in [0.05, 0.1) is 16.9 Å². The van der Waals surface area contributed by atoms with Crippen LogP contribution in [0.25, 0.3) is 0 Å². The first kappa shape index (κ1) is 19.2. The van der Waals surface area contributed by atoms with E-state index in [-0.39, 0.29) is 17.7 Å². The molecule has 0 radical (unpaired) electrons. The number of aryl methyl sites for hydroxylation is 1. The summed E-state index contributed by atoms with van der Waals surface area (Å²) in [4.78, 5) is 39.5. The highest BCUT2D eigenvalue weighted by Gasteiger charge is 2.36. The van der Waals surface area contributed by atoms with Gasteiger partial charge in [0.1, 0.15) is 6.04 Å². The normalized spacial score (nSPS) is 18.5. The summed E-state index contributed by atoms with van der Waals surface area (Å²) in [5.41, 5.74) is 3.49. The first-order valence-corrected chi connectivity index (χ1v) is 10.0. The summed E-state index contributed by atoms with van der Waals surface area (Å²) in [6.07, 6.45) is 1.81. The number of carbonyl (C=O) groups is 3. The second-order valence-corrected chi connectivity index (χ2v) is 7.53. The van der Waals surface area contributed by atoms with E-state index in [1.807, 2.05) is 25.1 Å². The van der Waals surface area contributed by atoms with Crippen molar-refractivity contribution in [2.45, 2.75) is 45.3 Å². The predicted octanol–water partition coefficient (Wildman–Crippen LogP) is 3.60. The molecular formula is C23H24N2O4. The summed E-state index contributed by atoms with van der Waals surface area (Å²) in [6, 6.07) is 12.3. The molecule has 29 heavy (non-hydrogen) atoms. The van der Waals surface area contributed by atoms with Crippen LogP contribution in [0.3, 0.4) is 0 Å². The standard InChI is InChI=1S/C23H24N2O4/c1-3-15-6-8-16(9-7-15)21(26)14(2)29-23(28)17-10-11-19-18(13-17)24-22(27)20-5-4-12-25(19)20/h6-11,13-14,20H,3-5,12H2,1-2H3,(H,24,27)/t14-,20-/m1/s1. The lowest BCUT2D eigenvalue weighted by Gasteiger charge is -2.33. The second kappa shape index (κ2) is 7.70. The fraction of sp³-hybridized carbons (Fsp3) is 0.348. The van der Waals surface area contributed by atoms with Gasteiger partial charge in [-0.15, -0.1) is 0 Å². The summed E-state index contributed by atoms with van der Waals surface area (Å²) < 4.78 is 5.40. The maximum atomic E-state index is 12.6. The molecule has 0 aromatic heterocycles. The third-order valence-corrected chi connectivity index (χ3v) is 5.65. The van der Waals surface area contributed by atoms with E-state index in [4.69, 9.17) is 4.74 Å². The first-order chi connectivity index (χ1) is 14.0. The van der Waals surface area contributed by atoms with E-state index < -0.39 is 12.1 Å². The number of carbonyl (C=O) groups excluding carboxylic acids is 3. The number of rotatable bonds is 5. The van der Waals surface area contributed by atoms with Gasteiger partial charge < -0.3 is 15.0 Å². The summed E-state index contributed by atoms with van der Waals surface area (Å²) in [7, 11) is 0. The Bertz CT molecular complexity index is 967. The van der Waals surface area contributed by atoms with Crippen LogP contribution in [0.15, 0.2) is 42.5 Å². The molecule has 2 aliphatic heterocycles. The quantitative estimate of drug-likeness (QED) is 0.622. The SMILES string of the molecule is CCc1ccc(C(=O)[C@@H](C)OC(=O)c2ccc3c(c2)NC(=O)[C@H]2CCCN32)cc1. The van der Waals surface area contributed by atoms with Crippen LogP contribution in [0.1, 0.15) is 53.0 Å². The zero-order valence-electron chi connectivity index (χ0n) is 16.6. The number of esters is 1. The molecular weight excluding hydrogens is 368 g/mol. The highest BCUT2D eigenvalue weighted by Crippen LogP contribution is 2.37. The molecule has 2 atom stereocenters. The number of Topliss-reactive ketones (excluding diaryl/α,β-unsaturated/α-hetero) is 1. The Morgan fingerprint density at radius 1 is 1.17 bits per heavy atom. The molecule has 0 spiro atoms. The maximum absolute atomic E-state index is 12.6. The van der Waals surface area contributed by atoms with Crippen molar-refractivity contribution >= 4 is 29.0 Å². The molecule has 150 valence electrons. The number of nitrogens with zero attached hydrogens (tertiary/aromatic N) is 1. The maximum Gasteiger partial charge on any atom is 0.338 e. The van der Waals surface area contributed by atoms with Gasteiger partial charge in [0.15, 0.2) is 6.10 Å². The number of ether oxygens (including phenoxy) is 1. The molecule has 1 saturated heterocycles. The number of amides is 1. The van der Waals surface area contributed by atoms with E-state index in [1.165, 1.54) is 0 Å². The Morgan fingerprint density at radius 2 is 1.90 bits per heavy atom. The third kappa shape index (κ3) is 3.62. The van der Waals surface area contributed by atoms with Crippen LogP contribution in [0.5, 0.6) is 0 Å². The average Bonchev–Trinajstić information content (AvgIpc) is 3.23. The van der Waals surface area contributed by atoms with E-state index in [0.717, 1.165) is 37.1 Å². The topological polar surface area (TPSA) is 75.7 Å². The van der Waals surface area contributed by atoms with Crippen molar-refractivity contribution in [1.29, 1.82) is 0 Å². The van der Waals surface area contributed by atoms with Gasteiger partial charge in [0.2, 0.25) is 11.7 Å². The van der Waals surface area contributed by atoms with Gasteiger partial charge in [0.25, 0.3) is 0 Å². The summed E-state index contributed by atoms with van der Waals surface area (Å²) >= 11 is 0. The molecule has 1 fully saturated rings. The Hall–Kier alpha value is -3.15. The second-order valence-electron chi connectivity index (χ2n) is 7.53. The Kier molecular flexibility index (Phi) is 5.09. The first-order valence-electron chi connectivity index (χ1n) is 10.0. The Morgan fingerprint density at radius 3 is 2.62 bits per heavy atom. The van der Waals surface area contributed by atoms with Crippen LogP contribution in [0.2, 0.25) is 0 Å².